The standard InChI is InChI=1S/C19H20BrF4N5O2/c1-10-6-13-11(7-28(10)17(30)26-12-2-4-25-16(20)14(12)22)15-19(23,24)8-18(31,9-21)3-5-29(15)27-13/h2,4,10,31H,3,5-9H2,1H3,(H,25,26,30). The van der Waals surface area contributed by atoms with E-state index in [1.165, 1.54) is 17.2 Å². The highest BCUT2D eigenvalue weighted by Gasteiger charge is 2.50. The van der Waals surface area contributed by atoms with Crippen molar-refractivity contribution in [1.29, 1.82) is 0 Å². The normalized spacial score (nSPS) is 24.9. The Kier molecular flexibility index (Phi) is 5.49. The van der Waals surface area contributed by atoms with Gasteiger partial charge in [0.2, 0.25) is 0 Å². The number of aryl methyl sites for hydroxylation is 1. The number of pyridine rings is 1. The molecule has 0 aromatic carbocycles. The molecule has 2 atom stereocenters. The topological polar surface area (TPSA) is 83.3 Å². The van der Waals surface area contributed by atoms with Crippen LogP contribution in [0.15, 0.2) is 16.9 Å². The van der Waals surface area contributed by atoms with Gasteiger partial charge in [-0.2, -0.15) is 13.9 Å². The maximum Gasteiger partial charge on any atom is 0.322 e. The van der Waals surface area contributed by atoms with Crippen LogP contribution in [0.2, 0.25) is 0 Å². The van der Waals surface area contributed by atoms with Crippen molar-refractivity contribution >= 4 is 27.6 Å². The summed E-state index contributed by atoms with van der Waals surface area (Å²) in [6.07, 6.45) is 0.286. The number of aliphatic hydroxyl groups is 1. The summed E-state index contributed by atoms with van der Waals surface area (Å²) in [4.78, 5) is 17.9. The maximum absolute atomic E-state index is 15.1. The smallest absolute Gasteiger partial charge is 0.322 e. The zero-order valence-electron chi connectivity index (χ0n) is 16.5. The van der Waals surface area contributed by atoms with Crippen LogP contribution in [0.5, 0.6) is 0 Å². The minimum atomic E-state index is -3.53. The molecule has 2 aromatic heterocycles. The van der Waals surface area contributed by atoms with Crippen LogP contribution >= 0.6 is 15.9 Å². The van der Waals surface area contributed by atoms with Crippen LogP contribution in [0.25, 0.3) is 0 Å². The number of aromatic nitrogens is 3. The molecule has 7 nitrogen and oxygen atoms in total. The SMILES string of the molecule is CC1Cc2nn3c(c2CN1C(=O)Nc1ccnc(Br)c1F)C(F)(F)CC(O)(CF)CC3. The molecule has 2 N–H and O–H groups in total. The Morgan fingerprint density at radius 2 is 2.19 bits per heavy atom. The van der Waals surface area contributed by atoms with Gasteiger partial charge >= 0.3 is 6.03 Å². The first kappa shape index (κ1) is 22.0. The van der Waals surface area contributed by atoms with E-state index in [4.69, 9.17) is 0 Å². The van der Waals surface area contributed by atoms with Crippen LogP contribution in [-0.4, -0.2) is 49.1 Å². The van der Waals surface area contributed by atoms with Crippen molar-refractivity contribution in [3.8, 4) is 0 Å². The fraction of sp³-hybridized carbons (Fsp3) is 0.526. The van der Waals surface area contributed by atoms with E-state index in [2.05, 4.69) is 31.3 Å². The molecule has 0 radical (unpaired) electrons. The third kappa shape index (κ3) is 3.91. The largest absolute Gasteiger partial charge is 0.387 e. The van der Waals surface area contributed by atoms with Crippen molar-refractivity contribution in [2.45, 2.75) is 56.8 Å². The molecule has 0 bridgehead atoms. The number of carbonyl (C=O) groups is 1. The number of anilines is 1. The third-order valence-corrected chi connectivity index (χ3v) is 6.32. The Labute approximate surface area is 183 Å². The number of urea groups is 1. The highest BCUT2D eigenvalue weighted by Crippen LogP contribution is 2.44. The van der Waals surface area contributed by atoms with E-state index in [0.29, 0.717) is 5.69 Å². The van der Waals surface area contributed by atoms with Gasteiger partial charge < -0.3 is 15.3 Å². The van der Waals surface area contributed by atoms with E-state index in [1.54, 1.807) is 6.92 Å². The number of hydrogen-bond donors (Lipinski definition) is 2. The maximum atomic E-state index is 15.1. The second-order valence-electron chi connectivity index (χ2n) is 8.06. The average Bonchev–Trinajstić information content (AvgIpc) is 3.02. The number of nitrogens with one attached hydrogen (secondary N) is 1. The molecule has 0 fully saturated rings. The Hall–Kier alpha value is -2.21. The molecule has 2 aliphatic heterocycles. The molecule has 2 amide bonds. The highest BCUT2D eigenvalue weighted by atomic mass is 79.9. The monoisotopic (exact) mass is 505 g/mol. The molecule has 2 aliphatic rings. The number of carbonyl (C=O) groups excluding carboxylic acids is 1. The Morgan fingerprint density at radius 3 is 2.90 bits per heavy atom. The lowest BCUT2D eigenvalue weighted by atomic mass is 9.91. The van der Waals surface area contributed by atoms with Crippen LogP contribution < -0.4 is 5.32 Å². The number of nitrogens with zero attached hydrogens (tertiary/aromatic N) is 4. The summed E-state index contributed by atoms with van der Waals surface area (Å²) in [5.41, 5.74) is -2.03. The van der Waals surface area contributed by atoms with Gasteiger partial charge in [0, 0.05) is 37.2 Å². The first-order chi connectivity index (χ1) is 14.5. The Bertz CT molecular complexity index is 1030. The van der Waals surface area contributed by atoms with E-state index in [-0.39, 0.29) is 47.8 Å². The molecular formula is C19H20BrF4N5O2. The predicted octanol–water partition coefficient (Wildman–Crippen LogP) is 3.74. The second-order valence-corrected chi connectivity index (χ2v) is 8.81. The van der Waals surface area contributed by atoms with E-state index in [0.717, 1.165) is 4.68 Å². The molecule has 168 valence electrons. The van der Waals surface area contributed by atoms with Gasteiger partial charge in [0.05, 0.1) is 17.9 Å². The average molecular weight is 506 g/mol. The molecule has 31 heavy (non-hydrogen) atoms. The number of hydrogen-bond acceptors (Lipinski definition) is 4. The van der Waals surface area contributed by atoms with Crippen LogP contribution in [0, 0.1) is 5.82 Å². The number of rotatable bonds is 2. The second kappa shape index (κ2) is 7.73. The molecule has 12 heteroatoms. The van der Waals surface area contributed by atoms with Crippen LogP contribution in [0.1, 0.15) is 36.7 Å². The van der Waals surface area contributed by atoms with E-state index in [1.807, 2.05) is 0 Å². The van der Waals surface area contributed by atoms with E-state index in [9.17, 15) is 18.7 Å². The highest BCUT2D eigenvalue weighted by molar-refractivity contribution is 9.10. The number of amides is 2. The van der Waals surface area contributed by atoms with Gasteiger partial charge in [-0.1, -0.05) is 0 Å². The molecule has 0 spiro atoms. The van der Waals surface area contributed by atoms with Gasteiger partial charge in [-0.15, -0.1) is 0 Å². The summed E-state index contributed by atoms with van der Waals surface area (Å²) in [5.74, 6) is -4.28. The first-order valence-corrected chi connectivity index (χ1v) is 10.5. The summed E-state index contributed by atoms with van der Waals surface area (Å²) in [5, 5.41) is 16.9. The quantitative estimate of drug-likeness (QED) is 0.481. The van der Waals surface area contributed by atoms with E-state index >= 15 is 8.78 Å². The fourth-order valence-corrected chi connectivity index (χ4v) is 4.49. The van der Waals surface area contributed by atoms with Crippen molar-refractivity contribution in [3.05, 3.63) is 39.6 Å². The van der Waals surface area contributed by atoms with Crippen LogP contribution in [0.3, 0.4) is 0 Å². The number of halogens is 5. The zero-order chi connectivity index (χ0) is 22.6. The van der Waals surface area contributed by atoms with Gasteiger partial charge in [0.15, 0.2) is 5.82 Å². The molecule has 2 aromatic rings. The number of fused-ring (bicyclic) bond motifs is 3. The zero-order valence-corrected chi connectivity index (χ0v) is 18.1. The summed E-state index contributed by atoms with van der Waals surface area (Å²) >= 11 is 2.94. The van der Waals surface area contributed by atoms with Gasteiger partial charge in [-0.3, -0.25) is 4.68 Å². The van der Waals surface area contributed by atoms with Gasteiger partial charge in [-0.25, -0.2) is 18.6 Å². The van der Waals surface area contributed by atoms with Gasteiger partial charge in [0.25, 0.3) is 5.92 Å². The summed E-state index contributed by atoms with van der Waals surface area (Å²) < 4.78 is 58.6. The van der Waals surface area contributed by atoms with Crippen LogP contribution in [-0.2, 0) is 25.4 Å². The van der Waals surface area contributed by atoms with Crippen molar-refractivity contribution in [1.82, 2.24) is 19.7 Å². The lowest BCUT2D eigenvalue weighted by Gasteiger charge is -2.34. The summed E-state index contributed by atoms with van der Waals surface area (Å²) in [7, 11) is 0. The van der Waals surface area contributed by atoms with Gasteiger partial charge in [0.1, 0.15) is 22.6 Å². The minimum Gasteiger partial charge on any atom is -0.387 e. The van der Waals surface area contributed by atoms with Gasteiger partial charge in [-0.05, 0) is 35.3 Å². The number of alkyl halides is 3. The van der Waals surface area contributed by atoms with Crippen LogP contribution in [0.4, 0.5) is 28.0 Å². The molecule has 0 saturated heterocycles. The van der Waals surface area contributed by atoms with E-state index < -0.39 is 42.2 Å². The summed E-state index contributed by atoms with van der Waals surface area (Å²) in [6.45, 7) is 0.227. The molecule has 0 saturated carbocycles. The van der Waals surface area contributed by atoms with Crippen molar-refractivity contribution in [2.75, 3.05) is 12.0 Å². The predicted molar refractivity (Wildman–Crippen MR) is 106 cm³/mol. The minimum absolute atomic E-state index is 0.0603. The van der Waals surface area contributed by atoms with Crippen molar-refractivity contribution in [2.24, 2.45) is 0 Å². The molecule has 2 unspecified atom stereocenters. The fourth-order valence-electron chi connectivity index (χ4n) is 4.15. The molecule has 4 heterocycles. The lowest BCUT2D eigenvalue weighted by molar-refractivity contribution is -0.102. The molecule has 0 aliphatic carbocycles. The van der Waals surface area contributed by atoms with Crippen molar-refractivity contribution < 1.29 is 27.5 Å². The molecule has 4 rings (SSSR count). The Morgan fingerprint density at radius 1 is 1.45 bits per heavy atom. The Balaban J connectivity index is 1.64. The lowest BCUT2D eigenvalue weighted by Crippen LogP contribution is -2.45. The molecular weight excluding hydrogens is 486 g/mol. The first-order valence-electron chi connectivity index (χ1n) is 9.67. The summed E-state index contributed by atoms with van der Waals surface area (Å²) in [6, 6.07) is 0.249. The third-order valence-electron chi connectivity index (χ3n) is 5.77. The van der Waals surface area contributed by atoms with Crippen molar-refractivity contribution in [3.63, 3.8) is 0 Å².